The Labute approximate surface area is 162 Å². The number of benzene rings is 3. The molecule has 0 saturated heterocycles. The smallest absolute Gasteiger partial charge is 0.256 e. The summed E-state index contributed by atoms with van der Waals surface area (Å²) in [6.45, 7) is 0.300. The molecule has 4 nitrogen and oxygen atoms in total. The van der Waals surface area contributed by atoms with E-state index in [1.807, 2.05) is 42.5 Å². The van der Waals surface area contributed by atoms with Crippen LogP contribution < -0.4 is 5.32 Å². The zero-order valence-corrected chi connectivity index (χ0v) is 15.0. The van der Waals surface area contributed by atoms with Gasteiger partial charge in [-0.2, -0.15) is 5.10 Å². The molecule has 0 aliphatic rings. The highest BCUT2D eigenvalue weighted by atomic mass is 19.1. The number of nitrogens with zero attached hydrogens (tertiary/aromatic N) is 2. The van der Waals surface area contributed by atoms with Gasteiger partial charge in [0.25, 0.3) is 5.91 Å². The molecule has 1 heterocycles. The topological polar surface area (TPSA) is 46.9 Å². The Bertz CT molecular complexity index is 1090. The van der Waals surface area contributed by atoms with E-state index in [2.05, 4.69) is 10.4 Å². The third kappa shape index (κ3) is 3.99. The van der Waals surface area contributed by atoms with E-state index in [-0.39, 0.29) is 11.7 Å². The molecule has 4 rings (SSSR count). The molecule has 0 atom stereocenters. The maximum absolute atomic E-state index is 13.8. The highest BCUT2D eigenvalue weighted by Gasteiger charge is 2.09. The highest BCUT2D eigenvalue weighted by molar-refractivity contribution is 6.04. The van der Waals surface area contributed by atoms with Crippen LogP contribution in [0.15, 0.2) is 91.1 Å². The van der Waals surface area contributed by atoms with Crippen molar-refractivity contribution in [3.05, 3.63) is 108 Å². The Balaban J connectivity index is 1.43. The van der Waals surface area contributed by atoms with Gasteiger partial charge in [-0.15, -0.1) is 0 Å². The Morgan fingerprint density at radius 3 is 2.29 bits per heavy atom. The second-order valence-corrected chi connectivity index (χ2v) is 6.39. The first-order chi connectivity index (χ1) is 13.7. The molecule has 1 N–H and O–H groups in total. The van der Waals surface area contributed by atoms with Crippen LogP contribution in [-0.2, 0) is 6.54 Å². The highest BCUT2D eigenvalue weighted by Crippen LogP contribution is 2.19. The molecule has 0 unspecified atom stereocenters. The van der Waals surface area contributed by atoms with Crippen LogP contribution in [0.5, 0.6) is 0 Å². The number of amides is 1. The Morgan fingerprint density at radius 2 is 1.54 bits per heavy atom. The second kappa shape index (κ2) is 7.88. The van der Waals surface area contributed by atoms with E-state index in [9.17, 15) is 9.18 Å². The average molecular weight is 371 g/mol. The van der Waals surface area contributed by atoms with Gasteiger partial charge < -0.3 is 5.32 Å². The van der Waals surface area contributed by atoms with Crippen LogP contribution in [0.3, 0.4) is 0 Å². The summed E-state index contributed by atoms with van der Waals surface area (Å²) < 4.78 is 15.3. The third-order valence-electron chi connectivity index (χ3n) is 4.43. The van der Waals surface area contributed by atoms with Gasteiger partial charge in [-0.3, -0.25) is 9.48 Å². The van der Waals surface area contributed by atoms with Crippen LogP contribution in [0.2, 0.25) is 0 Å². The van der Waals surface area contributed by atoms with Crippen molar-refractivity contribution in [1.82, 2.24) is 9.78 Å². The number of carbonyl (C=O) groups excluding carboxylic acids is 1. The molecule has 0 aliphatic heterocycles. The van der Waals surface area contributed by atoms with Crippen LogP contribution in [0, 0.1) is 5.82 Å². The summed E-state index contributed by atoms with van der Waals surface area (Å²) in [6.07, 6.45) is 1.71. The third-order valence-corrected chi connectivity index (χ3v) is 4.43. The minimum Gasteiger partial charge on any atom is -0.305 e. The number of rotatable bonds is 5. The first kappa shape index (κ1) is 17.7. The van der Waals surface area contributed by atoms with Crippen molar-refractivity contribution in [3.8, 4) is 11.1 Å². The summed E-state index contributed by atoms with van der Waals surface area (Å²) in [4.78, 5) is 12.5. The van der Waals surface area contributed by atoms with E-state index >= 15 is 0 Å². The van der Waals surface area contributed by atoms with E-state index in [1.54, 1.807) is 47.3 Å². The van der Waals surface area contributed by atoms with E-state index in [0.29, 0.717) is 23.5 Å². The summed E-state index contributed by atoms with van der Waals surface area (Å²) >= 11 is 0. The first-order valence-corrected chi connectivity index (χ1v) is 8.93. The monoisotopic (exact) mass is 371 g/mol. The number of carbonyl (C=O) groups is 1. The molecule has 1 amide bonds. The number of halogens is 1. The molecule has 0 spiro atoms. The largest absolute Gasteiger partial charge is 0.305 e. The summed E-state index contributed by atoms with van der Waals surface area (Å²) in [5.74, 6) is -0.0914. The van der Waals surface area contributed by atoms with E-state index in [1.165, 1.54) is 6.07 Å². The predicted octanol–water partition coefficient (Wildman–Crippen LogP) is 4.99. The number of aromatic nitrogens is 2. The fourth-order valence-corrected chi connectivity index (χ4v) is 2.95. The molecule has 138 valence electrons. The molecule has 28 heavy (non-hydrogen) atoms. The maximum Gasteiger partial charge on any atom is 0.256 e. The Kier molecular flexibility index (Phi) is 4.97. The van der Waals surface area contributed by atoms with Crippen molar-refractivity contribution in [2.45, 2.75) is 6.54 Å². The van der Waals surface area contributed by atoms with Gasteiger partial charge in [0.15, 0.2) is 5.82 Å². The molecule has 0 radical (unpaired) electrons. The summed E-state index contributed by atoms with van der Waals surface area (Å²) in [6, 6.07) is 25.6. The lowest BCUT2D eigenvalue weighted by atomic mass is 10.0. The molecule has 0 bridgehead atoms. The lowest BCUT2D eigenvalue weighted by molar-refractivity contribution is 0.102. The van der Waals surface area contributed by atoms with Crippen LogP contribution >= 0.6 is 0 Å². The van der Waals surface area contributed by atoms with Crippen molar-refractivity contribution < 1.29 is 9.18 Å². The summed E-state index contributed by atoms with van der Waals surface area (Å²) in [7, 11) is 0. The van der Waals surface area contributed by atoms with E-state index in [0.717, 1.165) is 11.1 Å². The molecule has 0 aliphatic carbocycles. The number of nitrogens with one attached hydrogen (secondary N) is 1. The van der Waals surface area contributed by atoms with Crippen molar-refractivity contribution in [1.29, 1.82) is 0 Å². The maximum atomic E-state index is 13.8. The molecular weight excluding hydrogens is 353 g/mol. The fourth-order valence-electron chi connectivity index (χ4n) is 2.95. The van der Waals surface area contributed by atoms with Crippen LogP contribution in [0.25, 0.3) is 11.1 Å². The molecule has 0 saturated carbocycles. The van der Waals surface area contributed by atoms with Crippen molar-refractivity contribution in [2.24, 2.45) is 0 Å². The summed E-state index contributed by atoms with van der Waals surface area (Å²) in [5.41, 5.74) is 3.23. The average Bonchev–Trinajstić information content (AvgIpc) is 3.17. The molecule has 3 aromatic carbocycles. The molecule has 5 heteroatoms. The SMILES string of the molecule is O=C(Nc1ccn(Cc2ccccc2F)n1)c1ccc(-c2ccccc2)cc1. The quantitative estimate of drug-likeness (QED) is 0.537. The van der Waals surface area contributed by atoms with Crippen molar-refractivity contribution in [2.75, 3.05) is 5.32 Å². The zero-order chi connectivity index (χ0) is 19.3. The van der Waals surface area contributed by atoms with Gasteiger partial charge in [0.1, 0.15) is 5.82 Å². The van der Waals surface area contributed by atoms with Crippen molar-refractivity contribution in [3.63, 3.8) is 0 Å². The van der Waals surface area contributed by atoms with Crippen LogP contribution in [0.1, 0.15) is 15.9 Å². The minimum absolute atomic E-state index is 0.240. The second-order valence-electron chi connectivity index (χ2n) is 6.39. The van der Waals surface area contributed by atoms with Gasteiger partial charge in [-0.25, -0.2) is 4.39 Å². The Morgan fingerprint density at radius 1 is 0.857 bits per heavy atom. The van der Waals surface area contributed by atoms with E-state index in [4.69, 9.17) is 0 Å². The first-order valence-electron chi connectivity index (χ1n) is 8.93. The lowest BCUT2D eigenvalue weighted by Gasteiger charge is -2.05. The molecule has 4 aromatic rings. The molecule has 0 fully saturated rings. The number of hydrogen-bond acceptors (Lipinski definition) is 2. The van der Waals surface area contributed by atoms with Gasteiger partial charge in [0, 0.05) is 23.4 Å². The normalized spacial score (nSPS) is 10.6. The van der Waals surface area contributed by atoms with Crippen LogP contribution in [-0.4, -0.2) is 15.7 Å². The van der Waals surface area contributed by atoms with Crippen molar-refractivity contribution >= 4 is 11.7 Å². The van der Waals surface area contributed by atoms with Gasteiger partial charge >= 0.3 is 0 Å². The summed E-state index contributed by atoms with van der Waals surface area (Å²) in [5, 5.41) is 7.07. The van der Waals surface area contributed by atoms with Crippen LogP contribution in [0.4, 0.5) is 10.2 Å². The van der Waals surface area contributed by atoms with E-state index < -0.39 is 0 Å². The minimum atomic E-state index is -0.276. The number of hydrogen-bond donors (Lipinski definition) is 1. The molecule has 1 aromatic heterocycles. The van der Waals surface area contributed by atoms with Gasteiger partial charge in [0.05, 0.1) is 6.54 Å². The Hall–Kier alpha value is -3.73. The standard InChI is InChI=1S/C23H18FN3O/c24-21-9-5-4-8-20(21)16-27-15-14-22(26-27)25-23(28)19-12-10-18(11-13-19)17-6-2-1-3-7-17/h1-15H,16H2,(H,25,26,28). The predicted molar refractivity (Wildman–Crippen MR) is 108 cm³/mol. The molecular formula is C23H18FN3O. The van der Waals surface area contributed by atoms with Gasteiger partial charge in [0.2, 0.25) is 0 Å². The van der Waals surface area contributed by atoms with Gasteiger partial charge in [-0.05, 0) is 29.3 Å². The van der Waals surface area contributed by atoms with Gasteiger partial charge in [-0.1, -0.05) is 60.7 Å². The zero-order valence-electron chi connectivity index (χ0n) is 15.0. The lowest BCUT2D eigenvalue weighted by Crippen LogP contribution is -2.13. The number of anilines is 1. The fraction of sp³-hybridized carbons (Fsp3) is 0.0435.